The highest BCUT2D eigenvalue weighted by atomic mass is 127. The molecule has 2 aromatic rings. The van der Waals surface area contributed by atoms with E-state index < -0.39 is 11.9 Å². The second-order valence-electron chi connectivity index (χ2n) is 5.35. The number of carbonyl (C=O) groups excluding carboxylic acids is 2. The zero-order valence-electron chi connectivity index (χ0n) is 12.7. The van der Waals surface area contributed by atoms with Gasteiger partial charge in [0, 0.05) is 9.54 Å². The van der Waals surface area contributed by atoms with Crippen LogP contribution in [-0.4, -0.2) is 11.9 Å². The molecular weight excluding hydrogens is 405 g/mol. The van der Waals surface area contributed by atoms with Crippen LogP contribution in [0.1, 0.15) is 24.8 Å². The molecule has 23 heavy (non-hydrogen) atoms. The molecule has 2 atom stereocenters. The van der Waals surface area contributed by atoms with E-state index in [9.17, 15) is 14.7 Å². The molecule has 2 rings (SSSR count). The molecule has 0 aliphatic heterocycles. The van der Waals surface area contributed by atoms with Gasteiger partial charge in [0.15, 0.2) is 0 Å². The van der Waals surface area contributed by atoms with Gasteiger partial charge >= 0.3 is 0 Å². The van der Waals surface area contributed by atoms with Gasteiger partial charge in [-0.1, -0.05) is 49.4 Å². The Hall–Kier alpha value is -1.89. The third-order valence-corrected chi connectivity index (χ3v) is 4.72. The van der Waals surface area contributed by atoms with E-state index in [-0.39, 0.29) is 18.2 Å². The molecule has 0 aliphatic carbocycles. The van der Waals surface area contributed by atoms with Crippen molar-refractivity contribution >= 4 is 40.2 Å². The normalized spacial score (nSPS) is 13.1. The van der Waals surface area contributed by atoms with Gasteiger partial charge in [-0.25, -0.2) is 0 Å². The van der Waals surface area contributed by atoms with Crippen LogP contribution in [0.25, 0.3) is 0 Å². The van der Waals surface area contributed by atoms with Crippen LogP contribution >= 0.6 is 22.6 Å². The number of hydrogen-bond donors (Lipinski definition) is 1. The second-order valence-corrected chi connectivity index (χ2v) is 6.51. The first kappa shape index (κ1) is 17.5. The summed E-state index contributed by atoms with van der Waals surface area (Å²) in [5, 5.41) is 13.9. The largest absolute Gasteiger partial charge is 0.550 e. The average molecular weight is 422 g/mol. The number of benzene rings is 2. The van der Waals surface area contributed by atoms with Crippen LogP contribution in [0.3, 0.4) is 0 Å². The third kappa shape index (κ3) is 4.79. The highest BCUT2D eigenvalue weighted by Crippen LogP contribution is 2.28. The van der Waals surface area contributed by atoms with Crippen molar-refractivity contribution in [2.45, 2.75) is 19.3 Å². The van der Waals surface area contributed by atoms with Gasteiger partial charge < -0.3 is 15.2 Å². The summed E-state index contributed by atoms with van der Waals surface area (Å²) in [6.45, 7) is 1.86. The van der Waals surface area contributed by atoms with E-state index in [2.05, 4.69) is 27.9 Å². The van der Waals surface area contributed by atoms with Crippen LogP contribution in [0.2, 0.25) is 0 Å². The molecule has 0 saturated carbocycles. The number of para-hydroxylation sites is 1. The molecule has 120 valence electrons. The summed E-state index contributed by atoms with van der Waals surface area (Å²) in [6, 6.07) is 16.8. The third-order valence-electron chi connectivity index (χ3n) is 3.78. The van der Waals surface area contributed by atoms with Crippen LogP contribution in [0, 0.1) is 9.49 Å². The van der Waals surface area contributed by atoms with Gasteiger partial charge in [0.1, 0.15) is 0 Å². The summed E-state index contributed by atoms with van der Waals surface area (Å²) in [6.07, 6.45) is -0.314. The molecule has 0 aliphatic rings. The fraction of sp³-hybridized carbons (Fsp3) is 0.222. The standard InChI is InChI=1S/C18H18INO3/c1-12(13-7-3-2-4-8-13)14(11-17(21)22)18(23)20-16-10-6-5-9-15(16)19/h2-10,12,14H,11H2,1H3,(H,20,23)(H,21,22)/p-1/t12-,14+/m0/s1. The van der Waals surface area contributed by atoms with Crippen LogP contribution in [0.5, 0.6) is 0 Å². The van der Waals surface area contributed by atoms with Crippen molar-refractivity contribution in [3.05, 3.63) is 63.7 Å². The maximum atomic E-state index is 12.6. The Bertz CT molecular complexity index is 688. The minimum atomic E-state index is -1.23. The summed E-state index contributed by atoms with van der Waals surface area (Å²) >= 11 is 2.13. The van der Waals surface area contributed by atoms with Crippen LogP contribution < -0.4 is 10.4 Å². The zero-order chi connectivity index (χ0) is 16.8. The van der Waals surface area contributed by atoms with Crippen LogP contribution in [0.15, 0.2) is 54.6 Å². The predicted molar refractivity (Wildman–Crippen MR) is 95.8 cm³/mol. The molecule has 2 aromatic carbocycles. The first-order valence-electron chi connectivity index (χ1n) is 7.29. The number of hydrogen-bond acceptors (Lipinski definition) is 3. The van der Waals surface area contributed by atoms with Crippen LogP contribution in [-0.2, 0) is 9.59 Å². The topological polar surface area (TPSA) is 69.2 Å². The van der Waals surface area contributed by atoms with Crippen molar-refractivity contribution in [1.29, 1.82) is 0 Å². The molecular formula is C18H17INO3-. The zero-order valence-corrected chi connectivity index (χ0v) is 14.8. The Morgan fingerprint density at radius 2 is 1.70 bits per heavy atom. The predicted octanol–water partition coefficient (Wildman–Crippen LogP) is 2.79. The number of rotatable bonds is 6. The van der Waals surface area contributed by atoms with Gasteiger partial charge in [-0.05, 0) is 52.6 Å². The molecule has 0 aromatic heterocycles. The summed E-state index contributed by atoms with van der Waals surface area (Å²) < 4.78 is 0.901. The summed E-state index contributed by atoms with van der Waals surface area (Å²) in [5.41, 5.74) is 1.61. The van der Waals surface area contributed by atoms with E-state index in [1.54, 1.807) is 6.07 Å². The Morgan fingerprint density at radius 3 is 2.30 bits per heavy atom. The number of nitrogens with one attached hydrogen (secondary N) is 1. The van der Waals surface area contributed by atoms with Gasteiger partial charge in [0.2, 0.25) is 5.91 Å². The molecule has 5 heteroatoms. The highest BCUT2D eigenvalue weighted by molar-refractivity contribution is 14.1. The average Bonchev–Trinajstić information content (AvgIpc) is 2.54. The number of anilines is 1. The Labute approximate surface area is 149 Å². The Morgan fingerprint density at radius 1 is 1.09 bits per heavy atom. The van der Waals surface area contributed by atoms with Crippen molar-refractivity contribution in [1.82, 2.24) is 0 Å². The van der Waals surface area contributed by atoms with Gasteiger partial charge in [-0.15, -0.1) is 0 Å². The molecule has 0 bridgehead atoms. The molecule has 0 spiro atoms. The number of aliphatic carboxylic acids is 1. The van der Waals surface area contributed by atoms with E-state index in [4.69, 9.17) is 0 Å². The van der Waals surface area contributed by atoms with Crippen LogP contribution in [0.4, 0.5) is 5.69 Å². The first-order valence-corrected chi connectivity index (χ1v) is 8.37. The number of amides is 1. The van der Waals surface area contributed by atoms with Crippen molar-refractivity contribution in [3.8, 4) is 0 Å². The van der Waals surface area contributed by atoms with E-state index in [1.807, 2.05) is 55.5 Å². The van der Waals surface area contributed by atoms with E-state index in [0.29, 0.717) is 5.69 Å². The number of carboxylic acid groups (broad SMARTS) is 1. The van der Waals surface area contributed by atoms with Gasteiger partial charge in [0.25, 0.3) is 0 Å². The lowest BCUT2D eigenvalue weighted by Gasteiger charge is -2.24. The fourth-order valence-electron chi connectivity index (χ4n) is 2.45. The molecule has 0 unspecified atom stereocenters. The molecule has 1 amide bonds. The summed E-state index contributed by atoms with van der Waals surface area (Å²) in [7, 11) is 0. The maximum Gasteiger partial charge on any atom is 0.228 e. The summed E-state index contributed by atoms with van der Waals surface area (Å²) in [5.74, 6) is -2.46. The van der Waals surface area contributed by atoms with E-state index in [0.717, 1.165) is 9.13 Å². The molecule has 0 heterocycles. The van der Waals surface area contributed by atoms with Crippen molar-refractivity contribution in [3.63, 3.8) is 0 Å². The minimum Gasteiger partial charge on any atom is -0.550 e. The lowest BCUT2D eigenvalue weighted by molar-refractivity contribution is -0.306. The molecule has 0 saturated heterocycles. The molecule has 4 nitrogen and oxygen atoms in total. The van der Waals surface area contributed by atoms with Crippen molar-refractivity contribution in [2.75, 3.05) is 5.32 Å². The first-order chi connectivity index (χ1) is 11.0. The van der Waals surface area contributed by atoms with E-state index >= 15 is 0 Å². The lowest BCUT2D eigenvalue weighted by atomic mass is 9.84. The maximum absolute atomic E-state index is 12.6. The second kappa shape index (κ2) is 8.10. The molecule has 1 N–H and O–H groups in total. The SMILES string of the molecule is C[C@@H](c1ccccc1)[C@@H](CC(=O)[O-])C(=O)Nc1ccccc1I. The monoisotopic (exact) mass is 422 g/mol. The molecule has 0 radical (unpaired) electrons. The minimum absolute atomic E-state index is 0.226. The smallest absolute Gasteiger partial charge is 0.228 e. The summed E-state index contributed by atoms with van der Waals surface area (Å²) in [4.78, 5) is 23.7. The van der Waals surface area contributed by atoms with Gasteiger partial charge in [-0.2, -0.15) is 0 Å². The quantitative estimate of drug-likeness (QED) is 0.729. The van der Waals surface area contributed by atoms with Gasteiger partial charge in [0.05, 0.1) is 11.6 Å². The lowest BCUT2D eigenvalue weighted by Crippen LogP contribution is -2.34. The highest BCUT2D eigenvalue weighted by Gasteiger charge is 2.26. The van der Waals surface area contributed by atoms with E-state index in [1.165, 1.54) is 0 Å². The Balaban J connectivity index is 2.22. The number of carbonyl (C=O) groups is 2. The molecule has 0 fully saturated rings. The Kier molecular flexibility index (Phi) is 6.15. The van der Waals surface area contributed by atoms with Gasteiger partial charge in [-0.3, -0.25) is 4.79 Å². The fourth-order valence-corrected chi connectivity index (χ4v) is 2.98. The number of carboxylic acids is 1. The van der Waals surface area contributed by atoms with Crippen molar-refractivity contribution in [2.24, 2.45) is 5.92 Å². The van der Waals surface area contributed by atoms with Crippen molar-refractivity contribution < 1.29 is 14.7 Å². The number of halogens is 1.